The zero-order valence-corrected chi connectivity index (χ0v) is 47.6. The van der Waals surface area contributed by atoms with Crippen molar-refractivity contribution in [2.75, 3.05) is 28.4 Å². The third-order valence-electron chi connectivity index (χ3n) is 10.3. The van der Waals surface area contributed by atoms with Gasteiger partial charge in [-0.2, -0.15) is 0 Å². The first-order chi connectivity index (χ1) is 36.1. The van der Waals surface area contributed by atoms with Crippen LogP contribution in [0.4, 0.5) is 0 Å². The lowest BCUT2D eigenvalue weighted by Gasteiger charge is -2.09. The molecule has 7 rings (SSSR count). The molecule has 0 amide bonds. The molecule has 410 valence electrons. The van der Waals surface area contributed by atoms with Crippen LogP contribution >= 0.6 is 46.4 Å². The molecule has 0 bridgehead atoms. The van der Waals surface area contributed by atoms with E-state index in [4.69, 9.17) is 90.9 Å². The Morgan fingerprint density at radius 3 is 1.18 bits per heavy atom. The SMILES string of the molecule is COc1cc(C(=O)O)c(OC)cc1C.COc1cc(C(=O)O)ccc1C.COc1ccc(C)cc1Cl.Cc1cc(Cl)c(C(=O)O)cc1Cl.Cc1ccc(C(=O)O)cc1.Cc1ccc(C)c(Cl)c1.Cc1cccc(C(=O)O)c1. The minimum absolute atomic E-state index is 0.0345. The van der Waals surface area contributed by atoms with Gasteiger partial charge in [0.25, 0.3) is 0 Å². The van der Waals surface area contributed by atoms with Crippen molar-refractivity contribution in [2.24, 2.45) is 0 Å². The summed E-state index contributed by atoms with van der Waals surface area (Å²) >= 11 is 23.0. The molecule has 0 radical (unpaired) electrons. The fourth-order valence-electron chi connectivity index (χ4n) is 5.92. The highest BCUT2D eigenvalue weighted by molar-refractivity contribution is 6.36. The fraction of sp³-hybridized carbons (Fsp3) is 0.203. The summed E-state index contributed by atoms with van der Waals surface area (Å²) in [7, 11) is 6.07. The lowest BCUT2D eigenvalue weighted by Crippen LogP contribution is -2.02. The van der Waals surface area contributed by atoms with Gasteiger partial charge < -0.3 is 44.5 Å². The highest BCUT2D eigenvalue weighted by Crippen LogP contribution is 2.29. The molecule has 18 heteroatoms. The summed E-state index contributed by atoms with van der Waals surface area (Å²) in [5, 5.41) is 45.3. The van der Waals surface area contributed by atoms with Gasteiger partial charge in [0.2, 0.25) is 0 Å². The maximum atomic E-state index is 10.8. The van der Waals surface area contributed by atoms with Gasteiger partial charge in [0.05, 0.1) is 60.7 Å². The second-order valence-electron chi connectivity index (χ2n) is 16.4. The number of aromatic carboxylic acids is 5. The van der Waals surface area contributed by atoms with Crippen LogP contribution in [0.1, 0.15) is 96.3 Å². The van der Waals surface area contributed by atoms with Crippen LogP contribution in [0, 0.1) is 55.4 Å². The Kier molecular flexibility index (Phi) is 29.7. The quantitative estimate of drug-likeness (QED) is 0.0907. The molecule has 0 unspecified atom stereocenters. The van der Waals surface area contributed by atoms with Crippen molar-refractivity contribution in [3.05, 3.63) is 220 Å². The first kappa shape index (κ1) is 67.3. The molecule has 0 spiro atoms. The number of methoxy groups -OCH3 is 4. The van der Waals surface area contributed by atoms with E-state index < -0.39 is 29.8 Å². The van der Waals surface area contributed by atoms with Crippen molar-refractivity contribution in [2.45, 2.75) is 55.4 Å². The number of carbonyl (C=O) groups is 5. The molecule has 77 heavy (non-hydrogen) atoms. The molecule has 0 saturated heterocycles. The first-order valence-corrected chi connectivity index (χ1v) is 24.3. The molecule has 7 aromatic rings. The number of benzene rings is 7. The molecule has 0 aliphatic rings. The molecule has 0 heterocycles. The Hall–Kier alpha value is -7.75. The molecule has 14 nitrogen and oxygen atoms in total. The van der Waals surface area contributed by atoms with E-state index in [1.54, 1.807) is 74.7 Å². The summed E-state index contributed by atoms with van der Waals surface area (Å²) in [5.41, 5.74) is 9.16. The largest absolute Gasteiger partial charge is 0.496 e. The fourth-order valence-corrected chi connectivity index (χ4v) is 6.93. The molecule has 0 atom stereocenters. The Bertz CT molecular complexity index is 3100. The highest BCUT2D eigenvalue weighted by Gasteiger charge is 2.14. The van der Waals surface area contributed by atoms with Crippen LogP contribution in [-0.2, 0) is 0 Å². The Labute approximate surface area is 468 Å². The number of aryl methyl sites for hydroxylation is 8. The van der Waals surface area contributed by atoms with Gasteiger partial charge in [0, 0.05) is 10.0 Å². The highest BCUT2D eigenvalue weighted by atomic mass is 35.5. The number of carboxylic acid groups (broad SMARTS) is 5. The van der Waals surface area contributed by atoms with Crippen LogP contribution in [0.5, 0.6) is 23.0 Å². The minimum Gasteiger partial charge on any atom is -0.496 e. The zero-order chi connectivity index (χ0) is 58.7. The normalized spacial score (nSPS) is 9.56. The van der Waals surface area contributed by atoms with Crippen LogP contribution in [0.2, 0.25) is 20.1 Å². The summed E-state index contributed by atoms with van der Waals surface area (Å²) in [6.45, 7) is 15.3. The van der Waals surface area contributed by atoms with Crippen molar-refractivity contribution in [1.82, 2.24) is 0 Å². The molecule has 5 N–H and O–H groups in total. The standard InChI is InChI=1S/C10H12O4.C9H10O3.C8H6Cl2O2.C8H9ClO.C8H9Cl.2C8H8O2/c1-6-4-9(14-3)7(10(11)12)5-8(6)13-2;1-6-3-4-7(9(10)11)5-8(6)12-2;1-4-2-7(10)5(8(11)12)3-6(4)9;1-6-3-4-8(10-2)7(9)5-6;1-6-3-4-7(2)8(9)5-6;1-6-2-4-7(5-3-6)8(9)10;1-6-3-2-4-7(5-6)8(9)10/h4-5H,1-3H3,(H,11,12);3-5H,1-2H3,(H,10,11);2-3H,1H3,(H,11,12);3-5H,1-2H3;3-5H,1-2H3;2*2-5H,1H3,(H,9,10). The summed E-state index contributed by atoms with van der Waals surface area (Å²) in [6.07, 6.45) is 0. The molecule has 0 fully saturated rings. The van der Waals surface area contributed by atoms with Crippen molar-refractivity contribution in [1.29, 1.82) is 0 Å². The van der Waals surface area contributed by atoms with E-state index in [0.29, 0.717) is 38.4 Å². The average molecular weight is 1140 g/mol. The van der Waals surface area contributed by atoms with Gasteiger partial charge in [0.1, 0.15) is 28.6 Å². The minimum atomic E-state index is -1.07. The molecule has 0 saturated carbocycles. The van der Waals surface area contributed by atoms with Gasteiger partial charge in [-0.3, -0.25) is 0 Å². The zero-order valence-electron chi connectivity index (χ0n) is 44.5. The number of halogens is 4. The predicted molar refractivity (Wildman–Crippen MR) is 304 cm³/mol. The number of ether oxygens (including phenoxy) is 4. The molecule has 0 aliphatic heterocycles. The van der Waals surface area contributed by atoms with Crippen molar-refractivity contribution < 1.29 is 68.5 Å². The van der Waals surface area contributed by atoms with Crippen LogP contribution < -0.4 is 18.9 Å². The Balaban J connectivity index is 0.000000451. The molecular weight excluding hydrogens is 1070 g/mol. The second-order valence-corrected chi connectivity index (χ2v) is 18.1. The number of hydrogen-bond acceptors (Lipinski definition) is 9. The lowest BCUT2D eigenvalue weighted by atomic mass is 10.1. The molecule has 0 aromatic heterocycles. The smallest absolute Gasteiger partial charge is 0.339 e. The van der Waals surface area contributed by atoms with Crippen molar-refractivity contribution in [3.8, 4) is 23.0 Å². The molecule has 0 aliphatic carbocycles. The monoisotopic (exact) mass is 1130 g/mol. The number of hydrogen-bond donors (Lipinski definition) is 5. The first-order valence-electron chi connectivity index (χ1n) is 22.8. The molecule has 7 aromatic carbocycles. The summed E-state index contributed by atoms with van der Waals surface area (Å²) < 4.78 is 19.9. The molecular formula is C59H62Cl4O14. The lowest BCUT2D eigenvalue weighted by molar-refractivity contribution is 0.0682. The number of carboxylic acids is 5. The van der Waals surface area contributed by atoms with Crippen molar-refractivity contribution in [3.63, 3.8) is 0 Å². The van der Waals surface area contributed by atoms with E-state index in [9.17, 15) is 24.0 Å². The third-order valence-corrected chi connectivity index (χ3v) is 11.7. The van der Waals surface area contributed by atoms with Gasteiger partial charge in [-0.05, 0) is 168 Å². The predicted octanol–water partition coefficient (Wildman–Crippen LogP) is 15.4. The van der Waals surface area contributed by atoms with Gasteiger partial charge in [-0.15, -0.1) is 0 Å². The second kappa shape index (κ2) is 34.0. The van der Waals surface area contributed by atoms with Crippen molar-refractivity contribution >= 4 is 76.3 Å². The van der Waals surface area contributed by atoms with Crippen LogP contribution in [0.3, 0.4) is 0 Å². The topological polar surface area (TPSA) is 223 Å². The van der Waals surface area contributed by atoms with Crippen LogP contribution in [0.25, 0.3) is 0 Å². The summed E-state index contributed by atoms with van der Waals surface area (Å²) in [4.78, 5) is 52.6. The van der Waals surface area contributed by atoms with E-state index in [0.717, 1.165) is 49.7 Å². The van der Waals surface area contributed by atoms with Gasteiger partial charge in [0.15, 0.2) is 0 Å². The average Bonchev–Trinajstić information content (AvgIpc) is 3.37. The van der Waals surface area contributed by atoms with Crippen LogP contribution in [-0.4, -0.2) is 83.8 Å². The summed E-state index contributed by atoms with van der Waals surface area (Å²) in [5.74, 6) is -2.56. The maximum absolute atomic E-state index is 10.8. The number of rotatable bonds is 9. The van der Waals surface area contributed by atoms with E-state index in [2.05, 4.69) is 6.07 Å². The van der Waals surface area contributed by atoms with Gasteiger partial charge >= 0.3 is 29.8 Å². The third kappa shape index (κ3) is 24.2. The Morgan fingerprint density at radius 2 is 0.740 bits per heavy atom. The van der Waals surface area contributed by atoms with E-state index >= 15 is 0 Å². The van der Waals surface area contributed by atoms with E-state index in [-0.39, 0.29) is 21.7 Å². The van der Waals surface area contributed by atoms with Gasteiger partial charge in [-0.25, -0.2) is 24.0 Å². The van der Waals surface area contributed by atoms with E-state index in [1.165, 1.54) is 51.2 Å². The van der Waals surface area contributed by atoms with E-state index in [1.807, 2.05) is 84.9 Å². The maximum Gasteiger partial charge on any atom is 0.339 e. The van der Waals surface area contributed by atoms with Crippen LogP contribution in [0.15, 0.2) is 127 Å². The summed E-state index contributed by atoms with van der Waals surface area (Å²) in [6, 6.07) is 36.1. The Morgan fingerprint density at radius 1 is 0.312 bits per heavy atom. The van der Waals surface area contributed by atoms with Gasteiger partial charge in [-0.1, -0.05) is 106 Å².